The van der Waals surface area contributed by atoms with Crippen molar-refractivity contribution in [2.45, 2.75) is 52.0 Å². The number of carbonyl (C=O) groups is 2. The number of nitrogens with one attached hydrogen (secondary N) is 2. The third kappa shape index (κ3) is 11.5. The van der Waals surface area contributed by atoms with Crippen LogP contribution < -0.4 is 10.6 Å². The van der Waals surface area contributed by atoms with Crippen LogP contribution in [0, 0.1) is 0 Å². The predicted octanol–water partition coefficient (Wildman–Crippen LogP) is 1.75. The van der Waals surface area contributed by atoms with Crippen LogP contribution in [0.4, 0.5) is 4.79 Å². The number of amides is 2. The second-order valence-corrected chi connectivity index (χ2v) is 4.45. The van der Waals surface area contributed by atoms with E-state index in [0.29, 0.717) is 19.6 Å². The summed E-state index contributed by atoms with van der Waals surface area (Å²) in [6, 6.07) is -0.617. The maximum absolute atomic E-state index is 11.5. The lowest BCUT2D eigenvalue weighted by Crippen LogP contribution is -2.43. The Hall–Kier alpha value is -1.30. The molecule has 0 bridgehead atoms. The fourth-order valence-corrected chi connectivity index (χ4v) is 1.64. The minimum absolute atomic E-state index is 0.0408. The molecule has 0 spiro atoms. The molecule has 0 aromatic carbocycles. The van der Waals surface area contributed by atoms with Crippen LogP contribution in [0.1, 0.15) is 46.0 Å². The van der Waals surface area contributed by atoms with Crippen LogP contribution in [0.3, 0.4) is 0 Å². The lowest BCUT2D eigenvalue weighted by molar-refractivity contribution is -0.137. The standard InChI is InChI=1S/C13H26N2O4/c1-3-6-11(10-12(16)17)15-13(18)14-7-5-9-19-8-4-2/h11H,3-10H2,1-2H3,(H,16,17)(H2,14,15,18). The van der Waals surface area contributed by atoms with E-state index in [2.05, 4.69) is 10.6 Å². The van der Waals surface area contributed by atoms with Gasteiger partial charge in [0.15, 0.2) is 0 Å². The zero-order valence-electron chi connectivity index (χ0n) is 11.9. The third-order valence-electron chi connectivity index (χ3n) is 2.49. The van der Waals surface area contributed by atoms with Crippen molar-refractivity contribution in [3.05, 3.63) is 0 Å². The Morgan fingerprint density at radius 1 is 1.21 bits per heavy atom. The molecule has 0 aliphatic rings. The topological polar surface area (TPSA) is 87.7 Å². The van der Waals surface area contributed by atoms with E-state index < -0.39 is 5.97 Å². The van der Waals surface area contributed by atoms with Gasteiger partial charge in [0.25, 0.3) is 0 Å². The lowest BCUT2D eigenvalue weighted by atomic mass is 10.1. The van der Waals surface area contributed by atoms with Gasteiger partial charge in [-0.1, -0.05) is 20.3 Å². The molecular weight excluding hydrogens is 248 g/mol. The van der Waals surface area contributed by atoms with E-state index in [4.69, 9.17) is 9.84 Å². The average Bonchev–Trinajstić information content (AvgIpc) is 2.33. The summed E-state index contributed by atoms with van der Waals surface area (Å²) in [7, 11) is 0. The highest BCUT2D eigenvalue weighted by atomic mass is 16.5. The van der Waals surface area contributed by atoms with Crippen molar-refractivity contribution in [1.82, 2.24) is 10.6 Å². The summed E-state index contributed by atoms with van der Waals surface area (Å²) in [6.07, 6.45) is 3.20. The monoisotopic (exact) mass is 274 g/mol. The molecule has 0 aromatic heterocycles. The molecule has 1 unspecified atom stereocenters. The predicted molar refractivity (Wildman–Crippen MR) is 73.2 cm³/mol. The van der Waals surface area contributed by atoms with Gasteiger partial charge in [0.1, 0.15) is 0 Å². The van der Waals surface area contributed by atoms with E-state index in [1.807, 2.05) is 13.8 Å². The molecule has 0 saturated carbocycles. The van der Waals surface area contributed by atoms with Crippen molar-refractivity contribution in [3.63, 3.8) is 0 Å². The molecule has 2 amide bonds. The van der Waals surface area contributed by atoms with Gasteiger partial charge < -0.3 is 20.5 Å². The van der Waals surface area contributed by atoms with Crippen molar-refractivity contribution in [1.29, 1.82) is 0 Å². The SMILES string of the molecule is CCCOCCCNC(=O)NC(CCC)CC(=O)O. The van der Waals surface area contributed by atoms with Crippen LogP contribution in [0.5, 0.6) is 0 Å². The Morgan fingerprint density at radius 2 is 1.95 bits per heavy atom. The molecular formula is C13H26N2O4. The van der Waals surface area contributed by atoms with E-state index in [9.17, 15) is 9.59 Å². The summed E-state index contributed by atoms with van der Waals surface area (Å²) in [6.45, 7) is 5.90. The maximum atomic E-state index is 11.5. The van der Waals surface area contributed by atoms with Crippen LogP contribution in [-0.2, 0) is 9.53 Å². The molecule has 6 heteroatoms. The molecule has 0 aromatic rings. The molecule has 0 heterocycles. The van der Waals surface area contributed by atoms with Gasteiger partial charge in [0.2, 0.25) is 0 Å². The molecule has 0 radical (unpaired) electrons. The Labute approximate surface area is 114 Å². The molecule has 0 saturated heterocycles. The number of carbonyl (C=O) groups excluding carboxylic acids is 1. The van der Waals surface area contributed by atoms with Gasteiger partial charge >= 0.3 is 12.0 Å². The fourth-order valence-electron chi connectivity index (χ4n) is 1.64. The van der Waals surface area contributed by atoms with E-state index >= 15 is 0 Å². The number of hydrogen-bond acceptors (Lipinski definition) is 3. The summed E-state index contributed by atoms with van der Waals surface area (Å²) >= 11 is 0. The average molecular weight is 274 g/mol. The van der Waals surface area contributed by atoms with Crippen LogP contribution >= 0.6 is 0 Å². The van der Waals surface area contributed by atoms with Crippen molar-refractivity contribution in [2.24, 2.45) is 0 Å². The zero-order chi connectivity index (χ0) is 14.5. The first-order chi connectivity index (χ1) is 9.10. The summed E-state index contributed by atoms with van der Waals surface area (Å²) in [5.74, 6) is -0.897. The second-order valence-electron chi connectivity index (χ2n) is 4.45. The van der Waals surface area contributed by atoms with Crippen LogP contribution in [-0.4, -0.2) is 42.9 Å². The van der Waals surface area contributed by atoms with Crippen molar-refractivity contribution >= 4 is 12.0 Å². The number of carboxylic acids is 1. The Bertz CT molecular complexity index is 259. The van der Waals surface area contributed by atoms with Crippen molar-refractivity contribution in [2.75, 3.05) is 19.8 Å². The van der Waals surface area contributed by atoms with E-state index in [0.717, 1.165) is 25.9 Å². The Kier molecular flexibility index (Phi) is 11.0. The van der Waals surface area contributed by atoms with Gasteiger partial charge in [-0.2, -0.15) is 0 Å². The van der Waals surface area contributed by atoms with Gasteiger partial charge in [0, 0.05) is 25.8 Å². The van der Waals surface area contributed by atoms with Crippen molar-refractivity contribution < 1.29 is 19.4 Å². The molecule has 6 nitrogen and oxygen atoms in total. The minimum Gasteiger partial charge on any atom is -0.481 e. The first kappa shape index (κ1) is 17.7. The molecule has 0 aliphatic heterocycles. The van der Waals surface area contributed by atoms with E-state index in [1.54, 1.807) is 0 Å². The highest BCUT2D eigenvalue weighted by Crippen LogP contribution is 2.01. The van der Waals surface area contributed by atoms with Gasteiger partial charge in [-0.25, -0.2) is 4.79 Å². The molecule has 0 fully saturated rings. The Balaban J connectivity index is 3.71. The summed E-state index contributed by atoms with van der Waals surface area (Å²) in [5, 5.41) is 14.1. The Morgan fingerprint density at radius 3 is 2.53 bits per heavy atom. The molecule has 112 valence electrons. The smallest absolute Gasteiger partial charge is 0.315 e. The second kappa shape index (κ2) is 11.8. The highest BCUT2D eigenvalue weighted by Gasteiger charge is 2.14. The number of carboxylic acid groups (broad SMARTS) is 1. The largest absolute Gasteiger partial charge is 0.481 e. The molecule has 19 heavy (non-hydrogen) atoms. The van der Waals surface area contributed by atoms with Gasteiger partial charge in [0.05, 0.1) is 6.42 Å². The first-order valence-corrected chi connectivity index (χ1v) is 6.94. The number of hydrogen-bond donors (Lipinski definition) is 3. The quantitative estimate of drug-likeness (QED) is 0.501. The van der Waals surface area contributed by atoms with Gasteiger partial charge in [-0.05, 0) is 19.3 Å². The number of urea groups is 1. The summed E-state index contributed by atoms with van der Waals surface area (Å²) in [4.78, 5) is 22.2. The van der Waals surface area contributed by atoms with Crippen LogP contribution in [0.2, 0.25) is 0 Å². The van der Waals surface area contributed by atoms with Crippen LogP contribution in [0.15, 0.2) is 0 Å². The third-order valence-corrected chi connectivity index (χ3v) is 2.49. The lowest BCUT2D eigenvalue weighted by Gasteiger charge is -2.16. The molecule has 0 rings (SSSR count). The molecule has 1 atom stereocenters. The number of ether oxygens (including phenoxy) is 1. The van der Waals surface area contributed by atoms with Gasteiger partial charge in [-0.15, -0.1) is 0 Å². The molecule has 0 aliphatic carbocycles. The normalized spacial score (nSPS) is 11.9. The maximum Gasteiger partial charge on any atom is 0.315 e. The number of rotatable bonds is 11. The fraction of sp³-hybridized carbons (Fsp3) is 0.846. The van der Waals surface area contributed by atoms with Gasteiger partial charge in [-0.3, -0.25) is 4.79 Å². The number of aliphatic carboxylic acids is 1. The van der Waals surface area contributed by atoms with E-state index in [1.165, 1.54) is 0 Å². The first-order valence-electron chi connectivity index (χ1n) is 6.94. The van der Waals surface area contributed by atoms with Crippen molar-refractivity contribution in [3.8, 4) is 0 Å². The molecule has 3 N–H and O–H groups in total. The van der Waals surface area contributed by atoms with Crippen LogP contribution in [0.25, 0.3) is 0 Å². The minimum atomic E-state index is -0.897. The highest BCUT2D eigenvalue weighted by molar-refractivity contribution is 5.75. The summed E-state index contributed by atoms with van der Waals surface area (Å²) < 4.78 is 5.29. The summed E-state index contributed by atoms with van der Waals surface area (Å²) in [5.41, 5.74) is 0. The van der Waals surface area contributed by atoms with E-state index in [-0.39, 0.29) is 18.5 Å². The zero-order valence-corrected chi connectivity index (χ0v) is 11.9.